The lowest BCUT2D eigenvalue weighted by Crippen LogP contribution is -2.16. The summed E-state index contributed by atoms with van der Waals surface area (Å²) in [6.07, 6.45) is 0.640. The van der Waals surface area contributed by atoms with E-state index in [0.717, 1.165) is 22.4 Å². The Kier molecular flexibility index (Phi) is 4.70. The summed E-state index contributed by atoms with van der Waals surface area (Å²) >= 11 is 5.81. The molecule has 0 saturated carbocycles. The van der Waals surface area contributed by atoms with Crippen molar-refractivity contribution in [3.05, 3.63) is 29.6 Å². The first-order chi connectivity index (χ1) is 9.46. The monoisotopic (exact) mass is 314 g/mol. The second kappa shape index (κ2) is 6.14. The standard InChI is InChI=1S/C14H19ClN2O2S/c1-3-20(18,19)9-8-17-13-5-4-11(2)10-12(13)16-14(17)6-7-15/h4-5,10H,3,6-9H2,1-2H3. The summed E-state index contributed by atoms with van der Waals surface area (Å²) < 4.78 is 25.4. The van der Waals surface area contributed by atoms with Crippen LogP contribution in [0.25, 0.3) is 11.0 Å². The van der Waals surface area contributed by atoms with Gasteiger partial charge in [-0.15, -0.1) is 11.6 Å². The van der Waals surface area contributed by atoms with E-state index in [4.69, 9.17) is 11.6 Å². The quantitative estimate of drug-likeness (QED) is 0.770. The summed E-state index contributed by atoms with van der Waals surface area (Å²) in [6, 6.07) is 6.02. The Labute approximate surface area is 124 Å². The third kappa shape index (κ3) is 3.33. The maximum absolute atomic E-state index is 11.7. The summed E-state index contributed by atoms with van der Waals surface area (Å²) in [6.45, 7) is 4.12. The van der Waals surface area contributed by atoms with Crippen molar-refractivity contribution in [2.24, 2.45) is 0 Å². The molecule has 6 heteroatoms. The van der Waals surface area contributed by atoms with Crippen LogP contribution in [0.5, 0.6) is 0 Å². The van der Waals surface area contributed by atoms with Crippen LogP contribution in [-0.2, 0) is 22.8 Å². The number of hydrogen-bond donors (Lipinski definition) is 0. The van der Waals surface area contributed by atoms with Crippen LogP contribution in [0, 0.1) is 6.92 Å². The number of hydrogen-bond acceptors (Lipinski definition) is 3. The van der Waals surface area contributed by atoms with E-state index < -0.39 is 9.84 Å². The van der Waals surface area contributed by atoms with Gasteiger partial charge in [-0.25, -0.2) is 13.4 Å². The number of alkyl halides is 1. The van der Waals surface area contributed by atoms with Crippen LogP contribution in [0.4, 0.5) is 0 Å². The van der Waals surface area contributed by atoms with Gasteiger partial charge in [0.1, 0.15) is 5.82 Å². The predicted octanol–water partition coefficient (Wildman–Crippen LogP) is 2.56. The number of aromatic nitrogens is 2. The van der Waals surface area contributed by atoms with Gasteiger partial charge in [-0.05, 0) is 24.6 Å². The topological polar surface area (TPSA) is 52.0 Å². The van der Waals surface area contributed by atoms with Gasteiger partial charge in [-0.1, -0.05) is 13.0 Å². The number of benzene rings is 1. The average molecular weight is 315 g/mol. The van der Waals surface area contributed by atoms with Gasteiger partial charge in [0.15, 0.2) is 9.84 Å². The Hall–Kier alpha value is -1.07. The third-order valence-electron chi connectivity index (χ3n) is 3.37. The van der Waals surface area contributed by atoms with E-state index in [9.17, 15) is 8.42 Å². The van der Waals surface area contributed by atoms with Crippen molar-refractivity contribution in [3.8, 4) is 0 Å². The maximum atomic E-state index is 11.7. The second-order valence-corrected chi connectivity index (χ2v) is 7.70. The highest BCUT2D eigenvalue weighted by molar-refractivity contribution is 7.91. The Balaban J connectivity index is 2.41. The Bertz CT molecular complexity index is 707. The highest BCUT2D eigenvalue weighted by atomic mass is 35.5. The molecule has 0 spiro atoms. The molecule has 2 aromatic rings. The first kappa shape index (κ1) is 15.3. The van der Waals surface area contributed by atoms with E-state index in [1.54, 1.807) is 6.92 Å². The number of halogens is 1. The molecule has 0 amide bonds. The minimum atomic E-state index is -2.99. The van der Waals surface area contributed by atoms with Crippen LogP contribution in [0.2, 0.25) is 0 Å². The first-order valence-electron chi connectivity index (χ1n) is 6.69. The minimum absolute atomic E-state index is 0.137. The lowest BCUT2D eigenvalue weighted by molar-refractivity contribution is 0.589. The second-order valence-electron chi connectivity index (χ2n) is 4.85. The molecule has 0 unspecified atom stereocenters. The highest BCUT2D eigenvalue weighted by Gasteiger charge is 2.14. The molecule has 0 aliphatic carbocycles. The molecule has 2 rings (SSSR count). The van der Waals surface area contributed by atoms with Gasteiger partial charge in [-0.2, -0.15) is 0 Å². The summed E-state index contributed by atoms with van der Waals surface area (Å²) in [7, 11) is -2.99. The van der Waals surface area contributed by atoms with Gasteiger partial charge in [0.05, 0.1) is 16.8 Å². The molecule has 0 bridgehead atoms. The van der Waals surface area contributed by atoms with Crippen molar-refractivity contribution in [1.29, 1.82) is 0 Å². The molecular formula is C14H19ClN2O2S. The SMILES string of the molecule is CCS(=O)(=O)CCn1c(CCCl)nc2cc(C)ccc21. The molecule has 4 nitrogen and oxygen atoms in total. The average Bonchev–Trinajstić information content (AvgIpc) is 2.73. The zero-order chi connectivity index (χ0) is 14.8. The van der Waals surface area contributed by atoms with E-state index in [-0.39, 0.29) is 11.5 Å². The Morgan fingerprint density at radius 1 is 1.35 bits per heavy atom. The molecule has 0 N–H and O–H groups in total. The van der Waals surface area contributed by atoms with Gasteiger partial charge in [-0.3, -0.25) is 0 Å². The lowest BCUT2D eigenvalue weighted by Gasteiger charge is -2.08. The van der Waals surface area contributed by atoms with Crippen LogP contribution in [0.15, 0.2) is 18.2 Å². The number of aryl methyl sites for hydroxylation is 3. The van der Waals surface area contributed by atoms with Crippen LogP contribution in [-0.4, -0.2) is 35.4 Å². The lowest BCUT2D eigenvalue weighted by atomic mass is 10.2. The van der Waals surface area contributed by atoms with Gasteiger partial charge < -0.3 is 4.57 Å². The third-order valence-corrected chi connectivity index (χ3v) is 5.24. The predicted molar refractivity (Wildman–Crippen MR) is 83.2 cm³/mol. The number of nitrogens with zero attached hydrogens (tertiary/aromatic N) is 2. The Morgan fingerprint density at radius 2 is 2.10 bits per heavy atom. The van der Waals surface area contributed by atoms with Gasteiger partial charge in [0.25, 0.3) is 0 Å². The van der Waals surface area contributed by atoms with Gasteiger partial charge >= 0.3 is 0 Å². The molecule has 110 valence electrons. The molecule has 1 aromatic carbocycles. The zero-order valence-corrected chi connectivity index (χ0v) is 13.3. The van der Waals surface area contributed by atoms with Crippen molar-refractivity contribution in [2.45, 2.75) is 26.8 Å². The molecular weight excluding hydrogens is 296 g/mol. The van der Waals surface area contributed by atoms with E-state index in [0.29, 0.717) is 18.8 Å². The zero-order valence-electron chi connectivity index (χ0n) is 11.8. The van der Waals surface area contributed by atoms with Gasteiger partial charge in [0, 0.05) is 24.6 Å². The van der Waals surface area contributed by atoms with Crippen LogP contribution in [0.3, 0.4) is 0 Å². The van der Waals surface area contributed by atoms with Crippen molar-refractivity contribution < 1.29 is 8.42 Å². The molecule has 1 heterocycles. The summed E-state index contributed by atoms with van der Waals surface area (Å²) in [4.78, 5) is 4.57. The molecule has 0 radical (unpaired) electrons. The van der Waals surface area contributed by atoms with Crippen LogP contribution in [0.1, 0.15) is 18.3 Å². The molecule has 0 atom stereocenters. The fourth-order valence-corrected chi connectivity index (χ4v) is 3.11. The van der Waals surface area contributed by atoms with Crippen molar-refractivity contribution in [2.75, 3.05) is 17.4 Å². The van der Waals surface area contributed by atoms with Gasteiger partial charge in [0.2, 0.25) is 0 Å². The largest absolute Gasteiger partial charge is 0.327 e. The molecule has 0 aliphatic rings. The highest BCUT2D eigenvalue weighted by Crippen LogP contribution is 2.19. The van der Waals surface area contributed by atoms with Crippen molar-refractivity contribution in [3.63, 3.8) is 0 Å². The fourth-order valence-electron chi connectivity index (χ4n) is 2.19. The van der Waals surface area contributed by atoms with Crippen molar-refractivity contribution >= 4 is 32.5 Å². The molecule has 20 heavy (non-hydrogen) atoms. The minimum Gasteiger partial charge on any atom is -0.327 e. The number of sulfone groups is 1. The molecule has 0 saturated heterocycles. The Morgan fingerprint density at radius 3 is 2.75 bits per heavy atom. The van der Waals surface area contributed by atoms with E-state index >= 15 is 0 Å². The maximum Gasteiger partial charge on any atom is 0.151 e. The molecule has 0 fully saturated rings. The van der Waals surface area contributed by atoms with Crippen LogP contribution >= 0.6 is 11.6 Å². The van der Waals surface area contributed by atoms with Crippen LogP contribution < -0.4 is 0 Å². The summed E-state index contributed by atoms with van der Waals surface area (Å²) in [5, 5.41) is 0. The number of fused-ring (bicyclic) bond motifs is 1. The van der Waals surface area contributed by atoms with E-state index in [2.05, 4.69) is 4.98 Å². The molecule has 0 aliphatic heterocycles. The van der Waals surface area contributed by atoms with E-state index in [1.165, 1.54) is 0 Å². The fraction of sp³-hybridized carbons (Fsp3) is 0.500. The number of rotatable bonds is 6. The normalized spacial score (nSPS) is 12.2. The van der Waals surface area contributed by atoms with E-state index in [1.807, 2.05) is 29.7 Å². The summed E-state index contributed by atoms with van der Waals surface area (Å²) in [5.41, 5.74) is 3.02. The molecule has 1 aromatic heterocycles. The first-order valence-corrected chi connectivity index (χ1v) is 9.04. The van der Waals surface area contributed by atoms with Crippen molar-refractivity contribution in [1.82, 2.24) is 9.55 Å². The summed E-state index contributed by atoms with van der Waals surface area (Å²) in [5.74, 6) is 1.64. The number of imidazole rings is 1. The smallest absolute Gasteiger partial charge is 0.151 e.